The summed E-state index contributed by atoms with van der Waals surface area (Å²) in [5.74, 6) is -0.650. The van der Waals surface area contributed by atoms with Crippen LogP contribution in [0.1, 0.15) is 0 Å². The molecule has 0 aliphatic rings. The molecule has 0 aromatic carbocycles. The van der Waals surface area contributed by atoms with Crippen molar-refractivity contribution in [2.24, 2.45) is 5.73 Å². The number of nitrogens with zero attached hydrogens (tertiary/aromatic N) is 1. The van der Waals surface area contributed by atoms with Gasteiger partial charge in [-0.25, -0.2) is 0 Å². The van der Waals surface area contributed by atoms with Crippen LogP contribution in [0.3, 0.4) is 0 Å². The molecule has 0 aromatic rings. The number of hydrogen-bond acceptors (Lipinski definition) is 3. The van der Waals surface area contributed by atoms with Crippen LogP contribution in [-0.2, 0) is 9.59 Å². The number of carbonyl (C=O) groups is 2. The Balaban J connectivity index is 3.73. The average molecular weight is 159 g/mol. The fourth-order valence-corrected chi connectivity index (χ4v) is 0.608. The van der Waals surface area contributed by atoms with Gasteiger partial charge in [0.25, 0.3) is 0 Å². The fraction of sp³-hybridized carbons (Fsp3) is 0.667. The Hall–Kier alpha value is -1.10. The predicted molar refractivity (Wildman–Crippen MR) is 40.8 cm³/mol. The number of amides is 2. The fourth-order valence-electron chi connectivity index (χ4n) is 0.608. The number of rotatable bonds is 4. The second kappa shape index (κ2) is 4.68. The van der Waals surface area contributed by atoms with Gasteiger partial charge in [0, 0.05) is 7.05 Å². The minimum absolute atomic E-state index is 0.0273. The maximum Gasteiger partial charge on any atom is 0.237 e. The maximum atomic E-state index is 10.9. The molecule has 11 heavy (non-hydrogen) atoms. The summed E-state index contributed by atoms with van der Waals surface area (Å²) in [7, 11) is 3.19. The van der Waals surface area contributed by atoms with Crippen molar-refractivity contribution in [1.29, 1.82) is 0 Å². The van der Waals surface area contributed by atoms with Crippen LogP contribution in [0.4, 0.5) is 0 Å². The molecule has 0 saturated heterocycles. The molecule has 0 aliphatic carbocycles. The van der Waals surface area contributed by atoms with Gasteiger partial charge >= 0.3 is 0 Å². The van der Waals surface area contributed by atoms with Crippen LogP contribution in [0.2, 0.25) is 0 Å². The van der Waals surface area contributed by atoms with Gasteiger partial charge in [-0.2, -0.15) is 0 Å². The molecule has 0 heterocycles. The summed E-state index contributed by atoms with van der Waals surface area (Å²) in [5.41, 5.74) is 4.87. The molecule has 0 aromatic heterocycles. The van der Waals surface area contributed by atoms with Gasteiger partial charge in [0.05, 0.1) is 13.1 Å². The molecule has 0 radical (unpaired) electrons. The normalized spacial score (nSPS) is 9.27. The Bertz CT molecular complexity index is 158. The lowest BCUT2D eigenvalue weighted by atomic mass is 10.4. The Morgan fingerprint density at radius 3 is 2.45 bits per heavy atom. The zero-order valence-electron chi connectivity index (χ0n) is 6.76. The standard InChI is InChI=1S/C6H13N3O2/c1-8-3-6(11)9(2)4-5(7)10/h8H,3-4H2,1-2H3,(H2,7,10). The van der Waals surface area contributed by atoms with Crippen LogP contribution >= 0.6 is 0 Å². The van der Waals surface area contributed by atoms with Gasteiger partial charge in [-0.1, -0.05) is 0 Å². The first-order valence-electron chi connectivity index (χ1n) is 3.24. The summed E-state index contributed by atoms with van der Waals surface area (Å²) in [6.07, 6.45) is 0. The minimum atomic E-state index is -0.503. The van der Waals surface area contributed by atoms with Gasteiger partial charge in [0.15, 0.2) is 0 Å². The second-order valence-corrected chi connectivity index (χ2v) is 2.25. The molecule has 0 fully saturated rings. The molecule has 0 bridgehead atoms. The lowest BCUT2D eigenvalue weighted by Crippen LogP contribution is -2.39. The summed E-state index contributed by atoms with van der Waals surface area (Å²) < 4.78 is 0. The molecule has 0 unspecified atom stereocenters. The number of primary amides is 1. The van der Waals surface area contributed by atoms with E-state index in [0.717, 1.165) is 0 Å². The van der Waals surface area contributed by atoms with Crippen molar-refractivity contribution in [1.82, 2.24) is 10.2 Å². The van der Waals surface area contributed by atoms with E-state index in [9.17, 15) is 9.59 Å². The molecule has 0 rings (SSSR count). The van der Waals surface area contributed by atoms with E-state index in [-0.39, 0.29) is 19.0 Å². The summed E-state index contributed by atoms with van der Waals surface area (Å²) in [6, 6.07) is 0. The zero-order valence-corrected chi connectivity index (χ0v) is 6.76. The molecule has 64 valence electrons. The van der Waals surface area contributed by atoms with Crippen LogP contribution in [0.5, 0.6) is 0 Å². The van der Waals surface area contributed by atoms with Crippen molar-refractivity contribution in [3.8, 4) is 0 Å². The van der Waals surface area contributed by atoms with Crippen LogP contribution in [0, 0.1) is 0 Å². The Labute approximate surface area is 65.5 Å². The Morgan fingerprint density at radius 1 is 1.55 bits per heavy atom. The highest BCUT2D eigenvalue weighted by atomic mass is 16.2. The lowest BCUT2D eigenvalue weighted by molar-refractivity contribution is -0.132. The summed E-state index contributed by atoms with van der Waals surface area (Å²) in [4.78, 5) is 22.5. The highest BCUT2D eigenvalue weighted by molar-refractivity contribution is 5.84. The first-order valence-corrected chi connectivity index (χ1v) is 3.24. The summed E-state index contributed by atoms with van der Waals surface area (Å²) in [5, 5.41) is 2.68. The van der Waals surface area contributed by atoms with Crippen molar-refractivity contribution >= 4 is 11.8 Å². The van der Waals surface area contributed by atoms with Crippen molar-refractivity contribution in [2.75, 3.05) is 27.2 Å². The third-order valence-corrected chi connectivity index (χ3v) is 1.15. The smallest absolute Gasteiger partial charge is 0.237 e. The summed E-state index contributed by atoms with van der Waals surface area (Å²) >= 11 is 0. The van der Waals surface area contributed by atoms with E-state index in [1.165, 1.54) is 11.9 Å². The minimum Gasteiger partial charge on any atom is -0.368 e. The van der Waals surface area contributed by atoms with Gasteiger partial charge < -0.3 is 16.0 Å². The molecule has 0 atom stereocenters. The van der Waals surface area contributed by atoms with Gasteiger partial charge in [0.2, 0.25) is 11.8 Å². The zero-order chi connectivity index (χ0) is 8.85. The number of carbonyl (C=O) groups excluding carboxylic acids is 2. The molecule has 0 aliphatic heterocycles. The Kier molecular flexibility index (Phi) is 4.21. The molecule has 2 amide bonds. The molecule has 0 spiro atoms. The number of nitrogens with two attached hydrogens (primary N) is 1. The summed E-state index contributed by atoms with van der Waals surface area (Å²) in [6.45, 7) is 0.199. The average Bonchev–Trinajstić information content (AvgIpc) is 1.86. The van der Waals surface area contributed by atoms with E-state index in [4.69, 9.17) is 5.73 Å². The first kappa shape index (κ1) is 9.90. The van der Waals surface area contributed by atoms with Crippen LogP contribution in [0.25, 0.3) is 0 Å². The van der Waals surface area contributed by atoms with Crippen LogP contribution in [-0.4, -0.2) is 43.9 Å². The van der Waals surface area contributed by atoms with Crippen LogP contribution in [0.15, 0.2) is 0 Å². The Morgan fingerprint density at radius 2 is 2.09 bits per heavy atom. The number of hydrogen-bond donors (Lipinski definition) is 2. The topological polar surface area (TPSA) is 75.4 Å². The van der Waals surface area contributed by atoms with Crippen molar-refractivity contribution in [3.63, 3.8) is 0 Å². The quantitative estimate of drug-likeness (QED) is 0.505. The highest BCUT2D eigenvalue weighted by Crippen LogP contribution is 1.81. The molecule has 5 nitrogen and oxygen atoms in total. The molecule has 5 heteroatoms. The molecule has 3 N–H and O–H groups in total. The van der Waals surface area contributed by atoms with E-state index in [0.29, 0.717) is 0 Å². The first-order chi connectivity index (χ1) is 5.07. The van der Waals surface area contributed by atoms with Gasteiger partial charge in [-0.3, -0.25) is 9.59 Å². The predicted octanol–water partition coefficient (Wildman–Crippen LogP) is -1.85. The van der Waals surface area contributed by atoms with Gasteiger partial charge in [-0.15, -0.1) is 0 Å². The number of likely N-dealkylation sites (N-methyl/N-ethyl adjacent to an activating group) is 2. The van der Waals surface area contributed by atoms with Gasteiger partial charge in [-0.05, 0) is 7.05 Å². The third-order valence-electron chi connectivity index (χ3n) is 1.15. The van der Waals surface area contributed by atoms with E-state index < -0.39 is 5.91 Å². The third kappa shape index (κ3) is 4.32. The lowest BCUT2D eigenvalue weighted by Gasteiger charge is -2.13. The van der Waals surface area contributed by atoms with E-state index in [1.807, 2.05) is 0 Å². The monoisotopic (exact) mass is 159 g/mol. The van der Waals surface area contributed by atoms with Crippen molar-refractivity contribution in [3.05, 3.63) is 0 Å². The number of nitrogens with one attached hydrogen (secondary N) is 1. The largest absolute Gasteiger partial charge is 0.368 e. The molecular weight excluding hydrogens is 146 g/mol. The van der Waals surface area contributed by atoms with Gasteiger partial charge in [0.1, 0.15) is 0 Å². The highest BCUT2D eigenvalue weighted by Gasteiger charge is 2.08. The van der Waals surface area contributed by atoms with E-state index in [1.54, 1.807) is 7.05 Å². The van der Waals surface area contributed by atoms with E-state index >= 15 is 0 Å². The SMILES string of the molecule is CNCC(=O)N(C)CC(N)=O. The van der Waals surface area contributed by atoms with Crippen molar-refractivity contribution < 1.29 is 9.59 Å². The van der Waals surface area contributed by atoms with Crippen LogP contribution < -0.4 is 11.1 Å². The van der Waals surface area contributed by atoms with Crippen molar-refractivity contribution in [2.45, 2.75) is 0 Å². The maximum absolute atomic E-state index is 10.9. The van der Waals surface area contributed by atoms with E-state index in [2.05, 4.69) is 5.32 Å². The molecular formula is C6H13N3O2. The molecule has 0 saturated carbocycles. The second-order valence-electron chi connectivity index (χ2n) is 2.25.